The second kappa shape index (κ2) is 4.98. The maximum atomic E-state index is 6.40. The Kier molecular flexibility index (Phi) is 3.35. The van der Waals surface area contributed by atoms with Gasteiger partial charge in [-0.25, -0.2) is 0 Å². The zero-order valence-corrected chi connectivity index (χ0v) is 11.6. The Morgan fingerprint density at radius 3 is 2.72 bits per heavy atom. The molecule has 0 amide bonds. The quantitative estimate of drug-likeness (QED) is 0.842. The Bertz CT molecular complexity index is 439. The summed E-state index contributed by atoms with van der Waals surface area (Å²) in [6.07, 6.45) is 2.35. The van der Waals surface area contributed by atoms with Crippen molar-refractivity contribution in [3.8, 4) is 0 Å². The molecule has 0 unspecified atom stereocenters. The van der Waals surface area contributed by atoms with Crippen LogP contribution in [0.4, 0.5) is 11.4 Å². The van der Waals surface area contributed by atoms with Crippen molar-refractivity contribution >= 4 is 23.0 Å². The lowest BCUT2D eigenvalue weighted by atomic mass is 10.0. The van der Waals surface area contributed by atoms with Crippen LogP contribution >= 0.6 is 11.6 Å². The lowest BCUT2D eigenvalue weighted by Gasteiger charge is -2.35. The largest absolute Gasteiger partial charge is 0.384 e. The number of piperazine rings is 1. The van der Waals surface area contributed by atoms with Crippen molar-refractivity contribution in [3.63, 3.8) is 0 Å². The molecule has 1 N–H and O–H groups in total. The van der Waals surface area contributed by atoms with E-state index in [1.165, 1.54) is 17.7 Å². The summed E-state index contributed by atoms with van der Waals surface area (Å²) in [6.45, 7) is 5.50. The molecule has 0 spiro atoms. The van der Waals surface area contributed by atoms with Crippen molar-refractivity contribution < 1.29 is 0 Å². The fourth-order valence-corrected chi connectivity index (χ4v) is 3.08. The van der Waals surface area contributed by atoms with Gasteiger partial charge in [-0.1, -0.05) is 11.6 Å². The Hall–Kier alpha value is -0.930. The fraction of sp³-hybridized carbons (Fsp3) is 0.571. The lowest BCUT2D eigenvalue weighted by molar-refractivity contribution is 0.313. The van der Waals surface area contributed by atoms with Crippen molar-refractivity contribution in [1.82, 2.24) is 4.90 Å². The number of rotatable bonds is 1. The Morgan fingerprint density at radius 1 is 1.17 bits per heavy atom. The second-order valence-electron chi connectivity index (χ2n) is 5.28. The molecule has 1 fully saturated rings. The zero-order chi connectivity index (χ0) is 12.5. The number of anilines is 2. The molecule has 0 aliphatic carbocycles. The molecule has 98 valence electrons. The first-order valence-electron chi connectivity index (χ1n) is 6.74. The summed E-state index contributed by atoms with van der Waals surface area (Å²) in [5.41, 5.74) is 3.82. The molecule has 1 saturated heterocycles. The van der Waals surface area contributed by atoms with E-state index < -0.39 is 0 Å². The highest BCUT2D eigenvalue weighted by molar-refractivity contribution is 6.33. The molecule has 1 aromatic carbocycles. The van der Waals surface area contributed by atoms with E-state index in [2.05, 4.69) is 34.3 Å². The summed E-state index contributed by atoms with van der Waals surface area (Å²) in [5, 5.41) is 4.29. The summed E-state index contributed by atoms with van der Waals surface area (Å²) >= 11 is 6.40. The molecular weight excluding hydrogens is 246 g/mol. The van der Waals surface area contributed by atoms with Gasteiger partial charge in [0.1, 0.15) is 0 Å². The van der Waals surface area contributed by atoms with Gasteiger partial charge in [-0.15, -0.1) is 0 Å². The van der Waals surface area contributed by atoms with Crippen LogP contribution in [0.3, 0.4) is 0 Å². The first kappa shape index (κ1) is 12.1. The number of nitrogens with zero attached hydrogens (tertiary/aromatic N) is 2. The molecule has 1 aromatic rings. The SMILES string of the molecule is CN1CCN(c2cc(Cl)c3c(c2)CCCN3)CC1. The van der Waals surface area contributed by atoms with Gasteiger partial charge in [-0.3, -0.25) is 0 Å². The highest BCUT2D eigenvalue weighted by Crippen LogP contribution is 2.34. The molecule has 0 aromatic heterocycles. The van der Waals surface area contributed by atoms with Gasteiger partial charge in [0.2, 0.25) is 0 Å². The van der Waals surface area contributed by atoms with Crippen LogP contribution in [0.15, 0.2) is 12.1 Å². The van der Waals surface area contributed by atoms with Crippen LogP contribution in [0, 0.1) is 0 Å². The minimum atomic E-state index is 0.876. The number of likely N-dealkylation sites (N-methyl/N-ethyl adjacent to an activating group) is 1. The molecule has 2 aliphatic rings. The highest BCUT2D eigenvalue weighted by Gasteiger charge is 2.18. The number of benzene rings is 1. The molecule has 2 aliphatic heterocycles. The van der Waals surface area contributed by atoms with Gasteiger partial charge < -0.3 is 15.1 Å². The van der Waals surface area contributed by atoms with Crippen molar-refractivity contribution in [2.45, 2.75) is 12.8 Å². The molecule has 0 saturated carbocycles. The van der Waals surface area contributed by atoms with E-state index in [9.17, 15) is 0 Å². The molecule has 0 atom stereocenters. The third-order valence-corrected chi connectivity index (χ3v) is 4.25. The van der Waals surface area contributed by atoms with Crippen LogP contribution in [0.25, 0.3) is 0 Å². The zero-order valence-electron chi connectivity index (χ0n) is 10.9. The van der Waals surface area contributed by atoms with E-state index in [1.807, 2.05) is 0 Å². The number of hydrogen-bond acceptors (Lipinski definition) is 3. The van der Waals surface area contributed by atoms with E-state index in [1.54, 1.807) is 0 Å². The van der Waals surface area contributed by atoms with Crippen molar-refractivity contribution in [3.05, 3.63) is 22.7 Å². The van der Waals surface area contributed by atoms with Crippen LogP contribution < -0.4 is 10.2 Å². The topological polar surface area (TPSA) is 18.5 Å². The standard InChI is InChI=1S/C14H20ClN3/c1-17-5-7-18(8-6-17)12-9-11-3-2-4-16-14(11)13(15)10-12/h9-10,16H,2-8H2,1H3. The van der Waals surface area contributed by atoms with E-state index in [4.69, 9.17) is 11.6 Å². The number of halogens is 1. The Morgan fingerprint density at radius 2 is 1.94 bits per heavy atom. The average Bonchev–Trinajstić information content (AvgIpc) is 2.39. The molecule has 3 nitrogen and oxygen atoms in total. The van der Waals surface area contributed by atoms with Crippen LogP contribution in [0.2, 0.25) is 5.02 Å². The smallest absolute Gasteiger partial charge is 0.0660 e. The summed E-state index contributed by atoms with van der Waals surface area (Å²) < 4.78 is 0. The summed E-state index contributed by atoms with van der Waals surface area (Å²) in [6, 6.07) is 4.43. The number of fused-ring (bicyclic) bond motifs is 1. The Balaban J connectivity index is 1.86. The molecule has 0 bridgehead atoms. The van der Waals surface area contributed by atoms with Gasteiger partial charge in [0.15, 0.2) is 0 Å². The van der Waals surface area contributed by atoms with Crippen molar-refractivity contribution in [2.75, 3.05) is 50.0 Å². The van der Waals surface area contributed by atoms with Crippen LogP contribution in [0.5, 0.6) is 0 Å². The minimum Gasteiger partial charge on any atom is -0.384 e. The Labute approximate surface area is 114 Å². The van der Waals surface area contributed by atoms with Gasteiger partial charge in [0, 0.05) is 38.4 Å². The van der Waals surface area contributed by atoms with E-state index >= 15 is 0 Å². The van der Waals surface area contributed by atoms with Crippen molar-refractivity contribution in [2.24, 2.45) is 0 Å². The van der Waals surface area contributed by atoms with Gasteiger partial charge in [0.25, 0.3) is 0 Å². The second-order valence-corrected chi connectivity index (χ2v) is 5.69. The maximum Gasteiger partial charge on any atom is 0.0660 e. The molecule has 4 heteroatoms. The van der Waals surface area contributed by atoms with Gasteiger partial charge in [-0.2, -0.15) is 0 Å². The normalized spacial score (nSPS) is 20.4. The molecule has 3 rings (SSSR count). The van der Waals surface area contributed by atoms with Crippen LogP contribution in [-0.4, -0.2) is 44.7 Å². The predicted octanol–water partition coefficient (Wildman–Crippen LogP) is 2.45. The monoisotopic (exact) mass is 265 g/mol. The summed E-state index contributed by atoms with van der Waals surface area (Å²) in [7, 11) is 2.18. The molecular formula is C14H20ClN3. The van der Waals surface area contributed by atoms with E-state index in [0.29, 0.717) is 0 Å². The fourth-order valence-electron chi connectivity index (χ4n) is 2.78. The van der Waals surface area contributed by atoms with Crippen LogP contribution in [0.1, 0.15) is 12.0 Å². The molecule has 2 heterocycles. The van der Waals surface area contributed by atoms with Gasteiger partial charge in [0.05, 0.1) is 10.7 Å². The maximum absolute atomic E-state index is 6.40. The van der Waals surface area contributed by atoms with E-state index in [0.717, 1.165) is 49.9 Å². The minimum absolute atomic E-state index is 0.876. The number of aryl methyl sites for hydroxylation is 1. The molecule has 0 radical (unpaired) electrons. The van der Waals surface area contributed by atoms with E-state index in [-0.39, 0.29) is 0 Å². The summed E-state index contributed by atoms with van der Waals surface area (Å²) in [4.78, 5) is 4.82. The first-order chi connectivity index (χ1) is 8.74. The van der Waals surface area contributed by atoms with Gasteiger partial charge in [-0.05, 0) is 37.6 Å². The third kappa shape index (κ3) is 2.29. The third-order valence-electron chi connectivity index (χ3n) is 3.95. The number of hydrogen-bond donors (Lipinski definition) is 1. The predicted molar refractivity (Wildman–Crippen MR) is 78.0 cm³/mol. The first-order valence-corrected chi connectivity index (χ1v) is 7.11. The van der Waals surface area contributed by atoms with Crippen LogP contribution in [-0.2, 0) is 6.42 Å². The van der Waals surface area contributed by atoms with Crippen molar-refractivity contribution in [1.29, 1.82) is 0 Å². The van der Waals surface area contributed by atoms with Gasteiger partial charge >= 0.3 is 0 Å². The molecule has 18 heavy (non-hydrogen) atoms. The average molecular weight is 266 g/mol. The highest BCUT2D eigenvalue weighted by atomic mass is 35.5. The number of nitrogens with one attached hydrogen (secondary N) is 1. The lowest BCUT2D eigenvalue weighted by Crippen LogP contribution is -2.44. The summed E-state index contributed by atoms with van der Waals surface area (Å²) in [5.74, 6) is 0.